The van der Waals surface area contributed by atoms with E-state index in [1.807, 2.05) is 4.90 Å². The van der Waals surface area contributed by atoms with Gasteiger partial charge in [-0.2, -0.15) is 0 Å². The van der Waals surface area contributed by atoms with E-state index < -0.39 is 6.04 Å². The monoisotopic (exact) mass is 411 g/mol. The Labute approximate surface area is 174 Å². The molecule has 1 aromatic heterocycles. The van der Waals surface area contributed by atoms with Crippen molar-refractivity contribution in [3.63, 3.8) is 0 Å². The fraction of sp³-hybridized carbons (Fsp3) is 0.476. The number of carbonyl (C=O) groups excluding carboxylic acids is 2. The molecule has 30 heavy (non-hydrogen) atoms. The zero-order valence-electron chi connectivity index (χ0n) is 16.9. The summed E-state index contributed by atoms with van der Waals surface area (Å²) in [6, 6.07) is 4.39. The molecule has 2 aromatic rings. The highest BCUT2D eigenvalue weighted by Gasteiger charge is 2.42. The van der Waals surface area contributed by atoms with Crippen molar-refractivity contribution in [1.29, 1.82) is 0 Å². The van der Waals surface area contributed by atoms with Crippen molar-refractivity contribution >= 4 is 11.8 Å². The van der Waals surface area contributed by atoms with Gasteiger partial charge in [-0.05, 0) is 38.0 Å². The van der Waals surface area contributed by atoms with Crippen molar-refractivity contribution in [2.75, 3.05) is 26.4 Å². The highest BCUT2D eigenvalue weighted by Crippen LogP contribution is 2.36. The second-order valence-corrected chi connectivity index (χ2v) is 8.08. The lowest BCUT2D eigenvalue weighted by molar-refractivity contribution is -0.134. The number of piperidine rings is 1. The third kappa shape index (κ3) is 3.19. The van der Waals surface area contributed by atoms with Gasteiger partial charge in [-0.1, -0.05) is 0 Å². The molecule has 0 unspecified atom stereocenters. The first kappa shape index (κ1) is 18.9. The number of hydrogen-bond acceptors (Lipinski definition) is 6. The SMILES string of the molecule is C[C@@H](NC(=O)c1ccc2c(c1)OCO2)C(=O)N1CCC2(CC1)NCCc1[nH]cnc12. The first-order valence-corrected chi connectivity index (χ1v) is 10.3. The second-order valence-electron chi connectivity index (χ2n) is 8.08. The predicted octanol–water partition coefficient (Wildman–Crippen LogP) is 0.920. The van der Waals surface area contributed by atoms with E-state index in [2.05, 4.69) is 20.6 Å². The first-order valence-electron chi connectivity index (χ1n) is 10.3. The number of carbonyl (C=O) groups is 2. The molecular formula is C21H25N5O4. The Balaban J connectivity index is 1.20. The number of imidazole rings is 1. The lowest BCUT2D eigenvalue weighted by Gasteiger charge is -2.44. The van der Waals surface area contributed by atoms with E-state index in [0.717, 1.165) is 31.5 Å². The van der Waals surface area contributed by atoms with Crippen LogP contribution in [0.5, 0.6) is 11.5 Å². The summed E-state index contributed by atoms with van der Waals surface area (Å²) in [6.07, 6.45) is 4.31. The van der Waals surface area contributed by atoms with Gasteiger partial charge in [0.15, 0.2) is 11.5 Å². The molecule has 5 rings (SSSR count). The second kappa shape index (κ2) is 7.32. The molecule has 158 valence electrons. The number of fused-ring (bicyclic) bond motifs is 3. The maximum Gasteiger partial charge on any atom is 0.252 e. The fourth-order valence-electron chi connectivity index (χ4n) is 4.61. The molecule has 0 radical (unpaired) electrons. The molecule has 0 saturated carbocycles. The van der Waals surface area contributed by atoms with E-state index >= 15 is 0 Å². The van der Waals surface area contributed by atoms with Gasteiger partial charge in [-0.25, -0.2) is 4.98 Å². The van der Waals surface area contributed by atoms with Crippen LogP contribution in [0.4, 0.5) is 0 Å². The third-order valence-corrected chi connectivity index (χ3v) is 6.29. The van der Waals surface area contributed by atoms with Crippen LogP contribution in [-0.2, 0) is 16.8 Å². The number of nitrogens with one attached hydrogen (secondary N) is 3. The van der Waals surface area contributed by atoms with E-state index in [0.29, 0.717) is 30.2 Å². The van der Waals surface area contributed by atoms with Crippen LogP contribution >= 0.6 is 0 Å². The van der Waals surface area contributed by atoms with Crippen LogP contribution in [-0.4, -0.2) is 59.2 Å². The molecule has 3 N–H and O–H groups in total. The number of amides is 2. The van der Waals surface area contributed by atoms with Crippen molar-refractivity contribution in [3.05, 3.63) is 41.5 Å². The van der Waals surface area contributed by atoms with Crippen LogP contribution in [0.2, 0.25) is 0 Å². The molecule has 1 fully saturated rings. The molecule has 4 heterocycles. The molecule has 9 heteroatoms. The quantitative estimate of drug-likeness (QED) is 0.693. The number of aromatic nitrogens is 2. The van der Waals surface area contributed by atoms with Crippen LogP contribution in [0.3, 0.4) is 0 Å². The zero-order chi connectivity index (χ0) is 20.7. The fourth-order valence-corrected chi connectivity index (χ4v) is 4.61. The van der Waals surface area contributed by atoms with Crippen molar-refractivity contribution in [1.82, 2.24) is 25.5 Å². The summed E-state index contributed by atoms with van der Waals surface area (Å²) < 4.78 is 10.6. The lowest BCUT2D eigenvalue weighted by atomic mass is 9.80. The number of H-pyrrole nitrogens is 1. The van der Waals surface area contributed by atoms with E-state index in [4.69, 9.17) is 9.47 Å². The standard InChI is InChI=1S/C21H25N5O4/c1-13(25-19(27)14-2-3-16-17(10-14)30-12-29-16)20(28)26-8-5-21(6-9-26)18-15(4-7-24-21)22-11-23-18/h2-3,10-11,13,24H,4-9,12H2,1H3,(H,22,23)(H,25,27)/t13-/m1/s1. The predicted molar refractivity (Wildman–Crippen MR) is 107 cm³/mol. The van der Waals surface area contributed by atoms with Crippen LogP contribution in [0.15, 0.2) is 24.5 Å². The minimum Gasteiger partial charge on any atom is -0.454 e. The average molecular weight is 411 g/mol. The van der Waals surface area contributed by atoms with Gasteiger partial charge >= 0.3 is 0 Å². The number of likely N-dealkylation sites (tertiary alicyclic amines) is 1. The highest BCUT2D eigenvalue weighted by atomic mass is 16.7. The summed E-state index contributed by atoms with van der Waals surface area (Å²) in [7, 11) is 0. The molecule has 1 spiro atoms. The minimum atomic E-state index is -0.614. The molecule has 2 amide bonds. The maximum absolute atomic E-state index is 12.9. The highest BCUT2D eigenvalue weighted by molar-refractivity contribution is 5.98. The van der Waals surface area contributed by atoms with E-state index in [-0.39, 0.29) is 24.1 Å². The summed E-state index contributed by atoms with van der Waals surface area (Å²) in [5.41, 5.74) is 2.56. The van der Waals surface area contributed by atoms with Gasteiger partial charge < -0.3 is 30.0 Å². The van der Waals surface area contributed by atoms with E-state index in [1.54, 1.807) is 31.5 Å². The van der Waals surface area contributed by atoms with Crippen molar-refractivity contribution in [2.45, 2.75) is 37.8 Å². The number of aromatic amines is 1. The molecule has 3 aliphatic heterocycles. The summed E-state index contributed by atoms with van der Waals surface area (Å²) in [4.78, 5) is 35.1. The topological polar surface area (TPSA) is 109 Å². The summed E-state index contributed by atoms with van der Waals surface area (Å²) in [5.74, 6) is 0.782. The minimum absolute atomic E-state index is 0.0722. The van der Waals surface area contributed by atoms with Crippen molar-refractivity contribution in [3.8, 4) is 11.5 Å². The maximum atomic E-state index is 12.9. The largest absolute Gasteiger partial charge is 0.454 e. The van der Waals surface area contributed by atoms with Crippen molar-refractivity contribution < 1.29 is 19.1 Å². The molecule has 1 aromatic carbocycles. The third-order valence-electron chi connectivity index (χ3n) is 6.29. The van der Waals surface area contributed by atoms with Crippen LogP contribution < -0.4 is 20.1 Å². The Hall–Kier alpha value is -3.07. The summed E-state index contributed by atoms with van der Waals surface area (Å²) in [5, 5.41) is 6.43. The van der Waals surface area contributed by atoms with Crippen LogP contribution in [0.1, 0.15) is 41.5 Å². The van der Waals surface area contributed by atoms with Gasteiger partial charge in [-0.3, -0.25) is 9.59 Å². The Bertz CT molecular complexity index is 980. The Kier molecular flexibility index (Phi) is 4.62. The number of benzene rings is 1. The Morgan fingerprint density at radius 1 is 1.23 bits per heavy atom. The van der Waals surface area contributed by atoms with Crippen molar-refractivity contribution in [2.24, 2.45) is 0 Å². The van der Waals surface area contributed by atoms with Gasteiger partial charge in [0.2, 0.25) is 12.7 Å². The molecule has 1 saturated heterocycles. The molecule has 0 aliphatic carbocycles. The van der Waals surface area contributed by atoms with Gasteiger partial charge in [-0.15, -0.1) is 0 Å². The summed E-state index contributed by atoms with van der Waals surface area (Å²) in [6.45, 7) is 4.04. The molecule has 9 nitrogen and oxygen atoms in total. The van der Waals surface area contributed by atoms with Gasteiger partial charge in [0.05, 0.1) is 17.6 Å². The summed E-state index contributed by atoms with van der Waals surface area (Å²) >= 11 is 0. The van der Waals surface area contributed by atoms with Gasteiger partial charge in [0.25, 0.3) is 5.91 Å². The van der Waals surface area contributed by atoms with Gasteiger partial charge in [0, 0.05) is 37.3 Å². The lowest BCUT2D eigenvalue weighted by Crippen LogP contribution is -2.57. The Morgan fingerprint density at radius 2 is 2.03 bits per heavy atom. The Morgan fingerprint density at radius 3 is 2.87 bits per heavy atom. The number of hydrogen-bond donors (Lipinski definition) is 3. The van der Waals surface area contributed by atoms with E-state index in [1.165, 1.54) is 5.69 Å². The molecular weight excluding hydrogens is 386 g/mol. The van der Waals surface area contributed by atoms with E-state index in [9.17, 15) is 9.59 Å². The number of ether oxygens (including phenoxy) is 2. The smallest absolute Gasteiger partial charge is 0.252 e. The van der Waals surface area contributed by atoms with Crippen LogP contribution in [0.25, 0.3) is 0 Å². The van der Waals surface area contributed by atoms with Crippen LogP contribution in [0, 0.1) is 0 Å². The zero-order valence-corrected chi connectivity index (χ0v) is 16.9. The normalized spacial score (nSPS) is 20.0. The number of nitrogens with zero attached hydrogens (tertiary/aromatic N) is 2. The van der Waals surface area contributed by atoms with Gasteiger partial charge in [0.1, 0.15) is 6.04 Å². The number of rotatable bonds is 3. The first-order chi connectivity index (χ1) is 14.6. The molecule has 1 atom stereocenters. The molecule has 3 aliphatic rings. The average Bonchev–Trinajstić information content (AvgIpc) is 3.43. The molecule has 0 bridgehead atoms.